The van der Waals surface area contributed by atoms with Gasteiger partial charge in [0, 0.05) is 23.3 Å². The van der Waals surface area contributed by atoms with Crippen LogP contribution in [-0.4, -0.2) is 22.1 Å². The van der Waals surface area contributed by atoms with Crippen LogP contribution in [0.15, 0.2) is 0 Å². The Kier molecular flexibility index (Phi) is 6.12. The zero-order chi connectivity index (χ0) is 15.3. The van der Waals surface area contributed by atoms with E-state index in [1.165, 1.54) is 5.56 Å². The number of nitrogens with one attached hydrogen (secondary N) is 1. The summed E-state index contributed by atoms with van der Waals surface area (Å²) in [5.41, 5.74) is 3.84. The van der Waals surface area contributed by atoms with Crippen LogP contribution in [0.5, 0.6) is 0 Å². The molecule has 0 atom stereocenters. The van der Waals surface area contributed by atoms with E-state index in [2.05, 4.69) is 63.8 Å². The summed E-state index contributed by atoms with van der Waals surface area (Å²) in [5.74, 6) is 1.60. The van der Waals surface area contributed by atoms with Crippen molar-refractivity contribution < 1.29 is 0 Å². The lowest BCUT2D eigenvalue weighted by molar-refractivity contribution is 0.422. The number of nitrogens with zero attached hydrogens (tertiary/aromatic N) is 2. The lowest BCUT2D eigenvalue weighted by Crippen LogP contribution is -2.36. The third-order valence-electron chi connectivity index (χ3n) is 3.32. The lowest BCUT2D eigenvalue weighted by Gasteiger charge is -2.20. The van der Waals surface area contributed by atoms with Crippen molar-refractivity contribution in [3.8, 4) is 0 Å². The Morgan fingerprint density at radius 1 is 1.05 bits per heavy atom. The average Bonchev–Trinajstić information content (AvgIpc) is 2.24. The Bertz CT molecular complexity index is 407. The number of aromatic nitrogens is 2. The summed E-state index contributed by atoms with van der Waals surface area (Å²) in [5, 5.41) is 3.53. The molecule has 1 aromatic heterocycles. The van der Waals surface area contributed by atoms with Gasteiger partial charge in [0.05, 0.1) is 0 Å². The molecule has 20 heavy (non-hydrogen) atoms. The van der Waals surface area contributed by atoms with Gasteiger partial charge < -0.3 is 5.32 Å². The van der Waals surface area contributed by atoms with Crippen LogP contribution < -0.4 is 5.32 Å². The largest absolute Gasteiger partial charge is 0.312 e. The molecule has 0 saturated heterocycles. The minimum Gasteiger partial charge on any atom is -0.312 e. The quantitative estimate of drug-likeness (QED) is 0.807. The van der Waals surface area contributed by atoms with Crippen molar-refractivity contribution in [2.45, 2.75) is 73.3 Å². The third-order valence-corrected chi connectivity index (χ3v) is 3.32. The maximum absolute atomic E-state index is 4.67. The number of hydrogen-bond acceptors (Lipinski definition) is 3. The highest BCUT2D eigenvalue weighted by molar-refractivity contribution is 5.24. The molecule has 3 heteroatoms. The second kappa shape index (κ2) is 7.16. The van der Waals surface area contributed by atoms with Gasteiger partial charge in [0.2, 0.25) is 0 Å². The highest BCUT2D eigenvalue weighted by atomic mass is 14.9. The van der Waals surface area contributed by atoms with Crippen LogP contribution in [-0.2, 0) is 12.8 Å². The first-order valence-electron chi connectivity index (χ1n) is 7.77. The van der Waals surface area contributed by atoms with Gasteiger partial charge in [0.15, 0.2) is 0 Å². The van der Waals surface area contributed by atoms with Crippen LogP contribution in [0.25, 0.3) is 0 Å². The Hall–Kier alpha value is -0.960. The molecule has 1 aromatic rings. The number of hydrogen-bond donors (Lipinski definition) is 1. The van der Waals surface area contributed by atoms with Gasteiger partial charge in [-0.3, -0.25) is 0 Å². The smallest absolute Gasteiger partial charge is 0.129 e. The van der Waals surface area contributed by atoms with Crippen LogP contribution in [0.1, 0.15) is 63.8 Å². The number of aryl methyl sites for hydroxylation is 2. The molecule has 0 spiro atoms. The van der Waals surface area contributed by atoms with Crippen LogP contribution in [0.2, 0.25) is 0 Å². The summed E-state index contributed by atoms with van der Waals surface area (Å²) in [4.78, 5) is 9.34. The first kappa shape index (κ1) is 17.1. The molecule has 1 heterocycles. The Labute approximate surface area is 124 Å². The zero-order valence-corrected chi connectivity index (χ0v) is 14.3. The fraction of sp³-hybridized carbons (Fsp3) is 0.765. The SMILES string of the molecule is Cc1nc(CC(C)C)nc(C)c1CCCNC(C)(C)C. The maximum atomic E-state index is 4.67. The summed E-state index contributed by atoms with van der Waals surface area (Å²) in [6, 6.07) is 0. The van der Waals surface area contributed by atoms with E-state index in [-0.39, 0.29) is 5.54 Å². The van der Waals surface area contributed by atoms with Gasteiger partial charge in [0.25, 0.3) is 0 Å². The Morgan fingerprint density at radius 2 is 1.60 bits per heavy atom. The normalized spacial score (nSPS) is 12.2. The van der Waals surface area contributed by atoms with Crippen molar-refractivity contribution in [2.24, 2.45) is 5.92 Å². The summed E-state index contributed by atoms with van der Waals surface area (Å²) in [7, 11) is 0. The van der Waals surface area contributed by atoms with E-state index >= 15 is 0 Å². The topological polar surface area (TPSA) is 37.8 Å². The predicted octanol–water partition coefficient (Wildman–Crippen LogP) is 3.61. The zero-order valence-electron chi connectivity index (χ0n) is 14.3. The fourth-order valence-corrected chi connectivity index (χ4v) is 2.36. The lowest BCUT2D eigenvalue weighted by atomic mass is 10.0. The van der Waals surface area contributed by atoms with Crippen molar-refractivity contribution in [2.75, 3.05) is 6.54 Å². The van der Waals surface area contributed by atoms with Crippen LogP contribution in [0, 0.1) is 19.8 Å². The van der Waals surface area contributed by atoms with E-state index in [1.54, 1.807) is 0 Å². The Balaban J connectivity index is 2.62. The van der Waals surface area contributed by atoms with Crippen LogP contribution in [0.4, 0.5) is 0 Å². The minimum absolute atomic E-state index is 0.196. The van der Waals surface area contributed by atoms with E-state index in [4.69, 9.17) is 0 Å². The van der Waals surface area contributed by atoms with Crippen LogP contribution in [0.3, 0.4) is 0 Å². The summed E-state index contributed by atoms with van der Waals surface area (Å²) in [6.07, 6.45) is 3.15. The summed E-state index contributed by atoms with van der Waals surface area (Å²) >= 11 is 0. The minimum atomic E-state index is 0.196. The molecule has 0 aliphatic carbocycles. The molecule has 0 aliphatic heterocycles. The fourth-order valence-electron chi connectivity index (χ4n) is 2.36. The molecule has 3 nitrogen and oxygen atoms in total. The van der Waals surface area contributed by atoms with E-state index in [0.717, 1.165) is 43.0 Å². The predicted molar refractivity (Wildman–Crippen MR) is 86.1 cm³/mol. The average molecular weight is 277 g/mol. The van der Waals surface area contributed by atoms with Crippen molar-refractivity contribution in [1.29, 1.82) is 0 Å². The van der Waals surface area contributed by atoms with Gasteiger partial charge >= 0.3 is 0 Å². The Morgan fingerprint density at radius 3 is 2.05 bits per heavy atom. The molecule has 0 radical (unpaired) electrons. The van der Waals surface area contributed by atoms with Gasteiger partial charge in [-0.25, -0.2) is 9.97 Å². The van der Waals surface area contributed by atoms with Crippen molar-refractivity contribution in [1.82, 2.24) is 15.3 Å². The van der Waals surface area contributed by atoms with Gasteiger partial charge in [-0.2, -0.15) is 0 Å². The number of rotatable bonds is 6. The maximum Gasteiger partial charge on any atom is 0.129 e. The summed E-state index contributed by atoms with van der Waals surface area (Å²) < 4.78 is 0. The van der Waals surface area contributed by atoms with Crippen LogP contribution >= 0.6 is 0 Å². The van der Waals surface area contributed by atoms with Crippen molar-refractivity contribution in [3.63, 3.8) is 0 Å². The monoisotopic (exact) mass is 277 g/mol. The first-order chi connectivity index (χ1) is 9.19. The molecule has 0 unspecified atom stereocenters. The van der Waals surface area contributed by atoms with Gasteiger partial charge in [-0.1, -0.05) is 13.8 Å². The molecule has 114 valence electrons. The second-order valence-corrected chi connectivity index (χ2v) is 7.17. The molecule has 1 N–H and O–H groups in total. The first-order valence-corrected chi connectivity index (χ1v) is 7.77. The molecule has 0 amide bonds. The van der Waals surface area contributed by atoms with Crippen molar-refractivity contribution in [3.05, 3.63) is 22.8 Å². The molecular formula is C17H31N3. The standard InChI is InChI=1S/C17H31N3/c1-12(2)11-16-19-13(3)15(14(4)20-16)9-8-10-18-17(5,6)7/h12,18H,8-11H2,1-7H3. The van der Waals surface area contributed by atoms with E-state index in [1.807, 2.05) is 0 Å². The van der Waals surface area contributed by atoms with Gasteiger partial charge in [0.1, 0.15) is 5.82 Å². The van der Waals surface area contributed by atoms with E-state index in [0.29, 0.717) is 5.92 Å². The molecule has 0 bridgehead atoms. The highest BCUT2D eigenvalue weighted by Crippen LogP contribution is 2.14. The molecule has 1 rings (SSSR count). The second-order valence-electron chi connectivity index (χ2n) is 7.17. The molecular weight excluding hydrogens is 246 g/mol. The third kappa shape index (κ3) is 6.00. The molecule has 0 aromatic carbocycles. The van der Waals surface area contributed by atoms with E-state index < -0.39 is 0 Å². The van der Waals surface area contributed by atoms with Crippen molar-refractivity contribution >= 4 is 0 Å². The molecule has 0 fully saturated rings. The van der Waals surface area contributed by atoms with Gasteiger partial charge in [-0.15, -0.1) is 0 Å². The highest BCUT2D eigenvalue weighted by Gasteiger charge is 2.11. The molecule has 0 aliphatic rings. The molecule has 0 saturated carbocycles. The van der Waals surface area contributed by atoms with E-state index in [9.17, 15) is 0 Å². The van der Waals surface area contributed by atoms with Gasteiger partial charge in [-0.05, 0) is 65.5 Å². The summed E-state index contributed by atoms with van der Waals surface area (Å²) in [6.45, 7) is 16.3.